The summed E-state index contributed by atoms with van der Waals surface area (Å²) < 4.78 is 6.21. The van der Waals surface area contributed by atoms with Gasteiger partial charge in [-0.25, -0.2) is 4.79 Å². The first-order valence-electron chi connectivity index (χ1n) is 5.20. The standard InChI is InChI=1S/C14H11IO2/c1-10-5-4-6-11(9-10)17-14(16)12-7-2-3-8-13(12)15/h2-9H,1H3. The smallest absolute Gasteiger partial charge is 0.344 e. The molecule has 0 aliphatic heterocycles. The van der Waals surface area contributed by atoms with Gasteiger partial charge in [-0.3, -0.25) is 0 Å². The summed E-state index contributed by atoms with van der Waals surface area (Å²) in [7, 11) is 0. The molecule has 0 saturated carbocycles. The topological polar surface area (TPSA) is 26.3 Å². The lowest BCUT2D eigenvalue weighted by Crippen LogP contribution is -2.10. The number of hydrogen-bond donors (Lipinski definition) is 0. The summed E-state index contributed by atoms with van der Waals surface area (Å²) in [5.41, 5.74) is 1.66. The molecule has 0 heterocycles. The Morgan fingerprint density at radius 1 is 1.12 bits per heavy atom. The van der Waals surface area contributed by atoms with Crippen LogP contribution < -0.4 is 4.74 Å². The molecule has 2 aromatic carbocycles. The van der Waals surface area contributed by atoms with E-state index in [1.807, 2.05) is 43.3 Å². The molecule has 0 amide bonds. The zero-order chi connectivity index (χ0) is 12.3. The molecule has 0 spiro atoms. The normalized spacial score (nSPS) is 10.0. The highest BCUT2D eigenvalue weighted by atomic mass is 127. The Kier molecular flexibility index (Phi) is 3.78. The maximum absolute atomic E-state index is 11.9. The van der Waals surface area contributed by atoms with E-state index in [4.69, 9.17) is 4.74 Å². The van der Waals surface area contributed by atoms with Crippen molar-refractivity contribution in [1.82, 2.24) is 0 Å². The van der Waals surface area contributed by atoms with Gasteiger partial charge in [-0.05, 0) is 59.3 Å². The SMILES string of the molecule is Cc1cccc(OC(=O)c2ccccc2I)c1. The number of benzene rings is 2. The van der Waals surface area contributed by atoms with E-state index in [1.54, 1.807) is 12.1 Å². The molecule has 0 unspecified atom stereocenters. The lowest BCUT2D eigenvalue weighted by atomic mass is 10.2. The molecule has 0 aromatic heterocycles. The zero-order valence-corrected chi connectivity index (χ0v) is 11.5. The molecule has 0 aliphatic rings. The van der Waals surface area contributed by atoms with Crippen LogP contribution in [0.4, 0.5) is 0 Å². The van der Waals surface area contributed by atoms with Crippen molar-refractivity contribution < 1.29 is 9.53 Å². The molecule has 0 bridgehead atoms. The van der Waals surface area contributed by atoms with Crippen LogP contribution in [0.15, 0.2) is 48.5 Å². The Morgan fingerprint density at radius 2 is 1.88 bits per heavy atom. The fraction of sp³-hybridized carbons (Fsp3) is 0.0714. The summed E-state index contributed by atoms with van der Waals surface area (Å²) in [6.07, 6.45) is 0. The quantitative estimate of drug-likeness (QED) is 0.473. The lowest BCUT2D eigenvalue weighted by Gasteiger charge is -2.06. The molecular weight excluding hydrogens is 327 g/mol. The highest BCUT2D eigenvalue weighted by Crippen LogP contribution is 2.17. The van der Waals surface area contributed by atoms with Gasteiger partial charge in [-0.2, -0.15) is 0 Å². The van der Waals surface area contributed by atoms with E-state index in [0.717, 1.165) is 9.13 Å². The van der Waals surface area contributed by atoms with E-state index >= 15 is 0 Å². The first kappa shape index (κ1) is 12.1. The molecule has 2 rings (SSSR count). The first-order valence-corrected chi connectivity index (χ1v) is 6.28. The number of hydrogen-bond acceptors (Lipinski definition) is 2. The van der Waals surface area contributed by atoms with Gasteiger partial charge in [0.1, 0.15) is 5.75 Å². The van der Waals surface area contributed by atoms with Crippen LogP contribution in [0.5, 0.6) is 5.75 Å². The van der Waals surface area contributed by atoms with E-state index < -0.39 is 0 Å². The van der Waals surface area contributed by atoms with Gasteiger partial charge < -0.3 is 4.74 Å². The van der Waals surface area contributed by atoms with Crippen molar-refractivity contribution in [3.63, 3.8) is 0 Å². The summed E-state index contributed by atoms with van der Waals surface area (Å²) in [6.45, 7) is 1.96. The van der Waals surface area contributed by atoms with E-state index in [9.17, 15) is 4.79 Å². The minimum Gasteiger partial charge on any atom is -0.423 e. The summed E-state index contributed by atoms with van der Waals surface area (Å²) in [6, 6.07) is 14.8. The Bertz CT molecular complexity index is 549. The molecule has 0 N–H and O–H groups in total. The zero-order valence-electron chi connectivity index (χ0n) is 9.31. The van der Waals surface area contributed by atoms with Gasteiger partial charge >= 0.3 is 5.97 Å². The minimum absolute atomic E-state index is 0.319. The maximum atomic E-state index is 11.9. The third-order valence-corrected chi connectivity index (χ3v) is 3.23. The third kappa shape index (κ3) is 3.06. The van der Waals surface area contributed by atoms with Gasteiger partial charge in [0.05, 0.1) is 5.56 Å². The number of aryl methyl sites for hydroxylation is 1. The second-order valence-electron chi connectivity index (χ2n) is 3.69. The van der Waals surface area contributed by atoms with Gasteiger partial charge in [0.15, 0.2) is 0 Å². The Labute approximate surface area is 114 Å². The lowest BCUT2D eigenvalue weighted by molar-refractivity contribution is 0.0733. The van der Waals surface area contributed by atoms with Crippen LogP contribution in [0.2, 0.25) is 0 Å². The maximum Gasteiger partial charge on any atom is 0.344 e. The molecular formula is C14H11IO2. The van der Waals surface area contributed by atoms with Crippen LogP contribution in [0.3, 0.4) is 0 Å². The highest BCUT2D eigenvalue weighted by Gasteiger charge is 2.11. The predicted molar refractivity (Wildman–Crippen MR) is 75.3 cm³/mol. The number of esters is 1. The fourth-order valence-corrected chi connectivity index (χ4v) is 2.08. The van der Waals surface area contributed by atoms with Gasteiger partial charge in [-0.1, -0.05) is 24.3 Å². The van der Waals surface area contributed by atoms with E-state index in [-0.39, 0.29) is 5.97 Å². The molecule has 0 atom stereocenters. The molecule has 17 heavy (non-hydrogen) atoms. The summed E-state index contributed by atoms with van der Waals surface area (Å²) >= 11 is 2.12. The van der Waals surface area contributed by atoms with Crippen molar-refractivity contribution in [3.8, 4) is 5.75 Å². The van der Waals surface area contributed by atoms with Crippen molar-refractivity contribution in [1.29, 1.82) is 0 Å². The van der Waals surface area contributed by atoms with Crippen LogP contribution in [-0.4, -0.2) is 5.97 Å². The van der Waals surface area contributed by atoms with Gasteiger partial charge in [0, 0.05) is 3.57 Å². The molecule has 2 nitrogen and oxygen atoms in total. The van der Waals surface area contributed by atoms with Crippen molar-refractivity contribution in [2.75, 3.05) is 0 Å². The summed E-state index contributed by atoms with van der Waals surface area (Å²) in [5, 5.41) is 0. The Hall–Kier alpha value is -1.36. The Balaban J connectivity index is 2.20. The number of ether oxygens (including phenoxy) is 1. The van der Waals surface area contributed by atoms with Crippen LogP contribution in [0.1, 0.15) is 15.9 Å². The predicted octanol–water partition coefficient (Wildman–Crippen LogP) is 3.82. The largest absolute Gasteiger partial charge is 0.423 e. The second-order valence-corrected chi connectivity index (χ2v) is 4.85. The van der Waals surface area contributed by atoms with Gasteiger partial charge in [0.25, 0.3) is 0 Å². The van der Waals surface area contributed by atoms with Crippen molar-refractivity contribution in [2.45, 2.75) is 6.92 Å². The third-order valence-electron chi connectivity index (χ3n) is 2.29. The molecule has 0 radical (unpaired) electrons. The van der Waals surface area contributed by atoms with Crippen LogP contribution in [0.25, 0.3) is 0 Å². The van der Waals surface area contributed by atoms with Crippen molar-refractivity contribution in [3.05, 3.63) is 63.2 Å². The fourth-order valence-electron chi connectivity index (χ4n) is 1.47. The average molecular weight is 338 g/mol. The molecule has 2 aromatic rings. The van der Waals surface area contributed by atoms with E-state index in [1.165, 1.54) is 0 Å². The van der Waals surface area contributed by atoms with Crippen molar-refractivity contribution in [2.24, 2.45) is 0 Å². The van der Waals surface area contributed by atoms with Crippen molar-refractivity contribution >= 4 is 28.6 Å². The summed E-state index contributed by atoms with van der Waals surface area (Å²) in [4.78, 5) is 11.9. The van der Waals surface area contributed by atoms with Crippen LogP contribution in [-0.2, 0) is 0 Å². The molecule has 86 valence electrons. The average Bonchev–Trinajstić information content (AvgIpc) is 2.29. The molecule has 0 fully saturated rings. The number of carbonyl (C=O) groups is 1. The molecule has 3 heteroatoms. The highest BCUT2D eigenvalue weighted by molar-refractivity contribution is 14.1. The van der Waals surface area contributed by atoms with Crippen LogP contribution >= 0.6 is 22.6 Å². The van der Waals surface area contributed by atoms with E-state index in [0.29, 0.717) is 11.3 Å². The van der Waals surface area contributed by atoms with Gasteiger partial charge in [-0.15, -0.1) is 0 Å². The number of carbonyl (C=O) groups excluding carboxylic acids is 1. The number of rotatable bonds is 2. The van der Waals surface area contributed by atoms with Crippen LogP contribution in [0, 0.1) is 10.5 Å². The van der Waals surface area contributed by atoms with Gasteiger partial charge in [0.2, 0.25) is 0 Å². The Morgan fingerprint density at radius 3 is 2.59 bits per heavy atom. The first-order chi connectivity index (χ1) is 8.16. The molecule has 0 aliphatic carbocycles. The number of halogens is 1. The second kappa shape index (κ2) is 5.31. The minimum atomic E-state index is -0.319. The van der Waals surface area contributed by atoms with E-state index in [2.05, 4.69) is 22.6 Å². The monoisotopic (exact) mass is 338 g/mol. The molecule has 0 saturated heterocycles. The summed E-state index contributed by atoms with van der Waals surface area (Å²) in [5.74, 6) is 0.259.